The van der Waals surface area contributed by atoms with Gasteiger partial charge in [0.2, 0.25) is 5.79 Å². The van der Waals surface area contributed by atoms with Crippen LogP contribution in [0.5, 0.6) is 11.5 Å². The van der Waals surface area contributed by atoms with E-state index < -0.39 is 5.79 Å². The summed E-state index contributed by atoms with van der Waals surface area (Å²) >= 11 is 0.828. The molecule has 1 aromatic heterocycles. The number of nitrogens with one attached hydrogen (secondary N) is 3. The van der Waals surface area contributed by atoms with E-state index >= 15 is 0 Å². The number of hydrogen-bond acceptors (Lipinski definition) is 8. The summed E-state index contributed by atoms with van der Waals surface area (Å²) in [5.74, 6) is -1.99. The Morgan fingerprint density at radius 1 is 0.838 bits per heavy atom. The van der Waals surface area contributed by atoms with Crippen LogP contribution in [0, 0.1) is 0 Å². The summed E-state index contributed by atoms with van der Waals surface area (Å²) in [5.41, 5.74) is 3.55. The number of H-pyrrole nitrogens is 1. The first-order chi connectivity index (χ1) is 16.8. The van der Waals surface area contributed by atoms with E-state index in [1.807, 2.05) is 30.3 Å². The Balaban J connectivity index is 0.00000241. The number of fused-ring (bicyclic) bond motifs is 1. The lowest BCUT2D eigenvalue weighted by Gasteiger charge is -2.23. The van der Waals surface area contributed by atoms with E-state index in [1.54, 1.807) is 6.07 Å². The number of aromatic nitrogens is 1. The molecule has 4 aromatic rings. The molecule has 0 aliphatic heterocycles. The second-order valence-electron chi connectivity index (χ2n) is 8.47. The van der Waals surface area contributed by atoms with Crippen LogP contribution in [0.15, 0.2) is 65.5 Å². The molecule has 0 unspecified atom stereocenters. The van der Waals surface area contributed by atoms with E-state index in [2.05, 4.69) is 27.8 Å². The minimum Gasteiger partial charge on any atom is -0.508 e. The van der Waals surface area contributed by atoms with Gasteiger partial charge in [0.05, 0.1) is 11.2 Å². The zero-order chi connectivity index (χ0) is 24.8. The molecule has 3 aromatic carbocycles. The highest BCUT2D eigenvalue weighted by molar-refractivity contribution is 7.16. The molecule has 0 amide bonds. The molecule has 0 bridgehead atoms. The van der Waals surface area contributed by atoms with Crippen molar-refractivity contribution in [1.82, 2.24) is 15.6 Å². The number of hydrogen-bond donors (Lipinski definition) is 7. The third-order valence-corrected chi connectivity index (χ3v) is 6.75. The van der Waals surface area contributed by atoms with Crippen molar-refractivity contribution >= 4 is 46.4 Å². The highest BCUT2D eigenvalue weighted by atomic mass is 35.5. The second kappa shape index (κ2) is 13.8. The molecule has 0 saturated carbocycles. The Morgan fingerprint density at radius 3 is 2.35 bits per heavy atom. The predicted molar refractivity (Wildman–Crippen MR) is 151 cm³/mol. The van der Waals surface area contributed by atoms with Crippen molar-refractivity contribution in [3.63, 3.8) is 0 Å². The third kappa shape index (κ3) is 7.93. The van der Waals surface area contributed by atoms with E-state index in [0.717, 1.165) is 41.0 Å². The van der Waals surface area contributed by atoms with Gasteiger partial charge in [0.15, 0.2) is 0 Å². The van der Waals surface area contributed by atoms with Crippen molar-refractivity contribution in [1.29, 1.82) is 0 Å². The monoisotopic (exact) mass is 567 g/mol. The van der Waals surface area contributed by atoms with Crippen LogP contribution in [0.25, 0.3) is 10.2 Å². The number of aliphatic hydroxyl groups is 2. The summed E-state index contributed by atoms with van der Waals surface area (Å²) in [7, 11) is 0. The van der Waals surface area contributed by atoms with E-state index in [0.29, 0.717) is 30.0 Å². The number of aromatic hydroxyl groups is 2. The van der Waals surface area contributed by atoms with Crippen molar-refractivity contribution < 1.29 is 20.4 Å². The molecule has 0 spiro atoms. The first-order valence-electron chi connectivity index (χ1n) is 11.4. The summed E-state index contributed by atoms with van der Waals surface area (Å²) in [4.78, 5) is 13.8. The lowest BCUT2D eigenvalue weighted by molar-refractivity contribution is -0.164. The topological polar surface area (TPSA) is 138 Å². The van der Waals surface area contributed by atoms with Crippen LogP contribution >= 0.6 is 36.2 Å². The lowest BCUT2D eigenvalue weighted by Crippen LogP contribution is -2.38. The number of phenolic OH excluding ortho intramolecular Hbond substituents is 2. The Kier molecular flexibility index (Phi) is 11.4. The van der Waals surface area contributed by atoms with Crippen molar-refractivity contribution in [3.05, 3.63) is 92.6 Å². The van der Waals surface area contributed by atoms with Crippen molar-refractivity contribution in [2.45, 2.75) is 25.2 Å². The molecule has 4 rings (SSSR count). The second-order valence-corrected chi connectivity index (χ2v) is 9.45. The fourth-order valence-electron chi connectivity index (χ4n) is 4.00. The molecule has 8 nitrogen and oxygen atoms in total. The average molecular weight is 569 g/mol. The van der Waals surface area contributed by atoms with Crippen LogP contribution in [-0.4, -0.2) is 45.0 Å². The molecular formula is C26H31Cl2N3O5S. The molecule has 7 N–H and O–H groups in total. The maximum Gasteiger partial charge on any atom is 0.305 e. The molecule has 0 radical (unpaired) electrons. The maximum atomic E-state index is 11.7. The Labute approximate surface area is 230 Å². The third-order valence-electron chi connectivity index (χ3n) is 5.83. The number of halogens is 2. The summed E-state index contributed by atoms with van der Waals surface area (Å²) in [6.45, 7) is 1.85. The zero-order valence-electron chi connectivity index (χ0n) is 19.9. The van der Waals surface area contributed by atoms with Crippen molar-refractivity contribution in [2.24, 2.45) is 0 Å². The highest BCUT2D eigenvalue weighted by Crippen LogP contribution is 2.32. The Bertz CT molecular complexity index is 1360. The minimum absolute atomic E-state index is 0. The van der Waals surface area contributed by atoms with Crippen molar-refractivity contribution in [2.75, 3.05) is 19.6 Å². The first kappa shape index (κ1) is 30.6. The van der Waals surface area contributed by atoms with E-state index in [9.17, 15) is 25.2 Å². The molecule has 0 saturated heterocycles. The molecule has 1 heterocycles. The van der Waals surface area contributed by atoms with E-state index in [-0.39, 0.29) is 53.1 Å². The molecule has 37 heavy (non-hydrogen) atoms. The first-order valence-corrected chi connectivity index (χ1v) is 12.2. The zero-order valence-corrected chi connectivity index (χ0v) is 22.4. The number of rotatable bonds is 11. The normalized spacial score (nSPS) is 11.2. The summed E-state index contributed by atoms with van der Waals surface area (Å²) in [6, 6.07) is 18.3. The molecule has 0 aliphatic carbocycles. The van der Waals surface area contributed by atoms with Crippen LogP contribution in [0.4, 0.5) is 0 Å². The van der Waals surface area contributed by atoms with Gasteiger partial charge in [0.25, 0.3) is 0 Å². The summed E-state index contributed by atoms with van der Waals surface area (Å²) in [5, 5.41) is 47.5. The van der Waals surface area contributed by atoms with Gasteiger partial charge in [-0.1, -0.05) is 53.8 Å². The van der Waals surface area contributed by atoms with Gasteiger partial charge in [-0.2, -0.15) is 0 Å². The number of thiazole rings is 1. The maximum absolute atomic E-state index is 11.7. The number of benzene rings is 3. The van der Waals surface area contributed by atoms with Gasteiger partial charge in [-0.05, 0) is 60.8 Å². The largest absolute Gasteiger partial charge is 0.508 e. The molecular weight excluding hydrogens is 537 g/mol. The number of phenols is 2. The van der Waals surface area contributed by atoms with Gasteiger partial charge in [-0.3, -0.25) is 4.79 Å². The minimum atomic E-state index is -2.20. The fraction of sp³-hybridized carbons (Fsp3) is 0.269. The molecule has 0 atom stereocenters. The summed E-state index contributed by atoms with van der Waals surface area (Å²) < 4.78 is 0.324. The highest BCUT2D eigenvalue weighted by Gasteiger charge is 2.29. The Hall–Kier alpha value is -2.63. The predicted octanol–water partition coefficient (Wildman–Crippen LogP) is 3.15. The molecule has 0 aliphatic rings. The van der Waals surface area contributed by atoms with Gasteiger partial charge in [0, 0.05) is 12.1 Å². The fourth-order valence-corrected chi connectivity index (χ4v) is 4.94. The van der Waals surface area contributed by atoms with Gasteiger partial charge < -0.3 is 36.0 Å². The molecule has 11 heteroatoms. The van der Waals surface area contributed by atoms with Crippen LogP contribution in [0.1, 0.15) is 22.3 Å². The van der Waals surface area contributed by atoms with Gasteiger partial charge in [0.1, 0.15) is 17.0 Å². The van der Waals surface area contributed by atoms with Crippen molar-refractivity contribution in [3.8, 4) is 11.5 Å². The average Bonchev–Trinajstić information content (AvgIpc) is 3.23. The van der Waals surface area contributed by atoms with Gasteiger partial charge >= 0.3 is 4.87 Å². The standard InChI is InChI=1S/C26H29N3O5S.2ClH/c30-21-7-2-1-6-19(21)11-13-27-15-18-5-3-4-17(14-18)10-12-28-16-26(33,34)20-8-9-22(31)23-24(20)35-25(32)29-23;;/h1-9,14,27-28,30-31,33-34H,10-13,15-16H2,(H,29,32);2*1H. The number of para-hydroxylation sites is 1. The van der Waals surface area contributed by atoms with Gasteiger partial charge in [-0.25, -0.2) is 0 Å². The van der Waals surface area contributed by atoms with Crippen LogP contribution in [-0.2, 0) is 25.2 Å². The van der Waals surface area contributed by atoms with E-state index in [1.165, 1.54) is 12.1 Å². The quantitative estimate of drug-likeness (QED) is 0.109. The summed E-state index contributed by atoms with van der Waals surface area (Å²) in [6.07, 6.45) is 1.44. The van der Waals surface area contributed by atoms with Gasteiger partial charge in [-0.15, -0.1) is 24.8 Å². The molecule has 200 valence electrons. The molecule has 0 fully saturated rings. The SMILES string of the molecule is Cl.Cl.O=c1[nH]c2c(O)ccc(C(O)(O)CNCCc3cccc(CNCCc4ccccc4O)c3)c2s1. The Morgan fingerprint density at radius 2 is 1.57 bits per heavy atom. The smallest absolute Gasteiger partial charge is 0.305 e. The van der Waals surface area contributed by atoms with Crippen LogP contribution < -0.4 is 15.5 Å². The van der Waals surface area contributed by atoms with Crippen LogP contribution in [0.3, 0.4) is 0 Å². The number of aromatic amines is 1. The lowest BCUT2D eigenvalue weighted by atomic mass is 10.0. The van der Waals surface area contributed by atoms with Crippen LogP contribution in [0.2, 0.25) is 0 Å². The van der Waals surface area contributed by atoms with E-state index in [4.69, 9.17) is 0 Å².